The predicted octanol–water partition coefficient (Wildman–Crippen LogP) is 2.62. The molecule has 0 unspecified atom stereocenters. The smallest absolute Gasteiger partial charge is 0.240 e. The summed E-state index contributed by atoms with van der Waals surface area (Å²) in [6, 6.07) is 8.58. The molecule has 0 amide bonds. The van der Waals surface area contributed by atoms with Gasteiger partial charge in [-0.2, -0.15) is 5.10 Å². The Kier molecular flexibility index (Phi) is 4.65. The van der Waals surface area contributed by atoms with Crippen LogP contribution in [0.4, 0.5) is 5.82 Å². The normalized spacial score (nSPS) is 20.1. The van der Waals surface area contributed by atoms with Gasteiger partial charge in [0.15, 0.2) is 5.82 Å². The summed E-state index contributed by atoms with van der Waals surface area (Å²) in [5.41, 5.74) is 10.6. The monoisotopic (exact) mass is 400 g/mol. The maximum Gasteiger partial charge on any atom is 0.240 e. The summed E-state index contributed by atoms with van der Waals surface area (Å²) in [6.45, 7) is 3.87. The van der Waals surface area contributed by atoms with Crippen LogP contribution in [0.3, 0.4) is 0 Å². The second-order valence-electron chi connectivity index (χ2n) is 7.47. The Hall–Kier alpha value is -2.42. The quantitative estimate of drug-likeness (QED) is 0.536. The number of aliphatic hydroxyl groups is 1. The van der Waals surface area contributed by atoms with Gasteiger partial charge in [0.25, 0.3) is 0 Å². The van der Waals surface area contributed by atoms with Crippen LogP contribution in [0, 0.1) is 13.8 Å². The molecule has 28 heavy (non-hydrogen) atoms. The van der Waals surface area contributed by atoms with Crippen LogP contribution in [0.5, 0.6) is 0 Å². The molecule has 5 N–H and O–H groups in total. The fourth-order valence-corrected chi connectivity index (χ4v) is 5.44. The molecule has 0 saturated heterocycles. The van der Waals surface area contributed by atoms with Gasteiger partial charge in [-0.15, -0.1) is 0 Å². The maximum absolute atomic E-state index is 12.7. The number of aromatic amines is 1. The first kappa shape index (κ1) is 18.9. The molecule has 8 heteroatoms. The number of sulfonamides is 1. The molecule has 1 saturated carbocycles. The molecular formula is C20H24N4O3S. The summed E-state index contributed by atoms with van der Waals surface area (Å²) in [4.78, 5) is 0.203. The Balaban J connectivity index is 1.70. The highest BCUT2D eigenvalue weighted by molar-refractivity contribution is 7.89. The third kappa shape index (κ3) is 3.17. The van der Waals surface area contributed by atoms with E-state index in [1.165, 1.54) is 0 Å². The van der Waals surface area contributed by atoms with E-state index in [-0.39, 0.29) is 4.90 Å². The van der Waals surface area contributed by atoms with Gasteiger partial charge in [0.05, 0.1) is 16.5 Å². The highest BCUT2D eigenvalue weighted by atomic mass is 32.2. The molecule has 2 atom stereocenters. The molecule has 1 fully saturated rings. The number of aryl methyl sites for hydroxylation is 2. The number of hydrogen-bond acceptors (Lipinski definition) is 5. The highest BCUT2D eigenvalue weighted by Gasteiger charge is 2.30. The van der Waals surface area contributed by atoms with Crippen molar-refractivity contribution in [2.75, 3.05) is 5.73 Å². The summed E-state index contributed by atoms with van der Waals surface area (Å²) >= 11 is 0. The van der Waals surface area contributed by atoms with Crippen LogP contribution in [0.1, 0.15) is 30.4 Å². The first-order valence-corrected chi connectivity index (χ1v) is 10.8. The zero-order chi connectivity index (χ0) is 20.1. The lowest BCUT2D eigenvalue weighted by Crippen LogP contribution is -2.39. The molecule has 0 bridgehead atoms. The number of aromatic nitrogens is 2. The standard InChI is InChI=1S/C20H24N4O3S/c1-11-10-13(28(26,27)24-16-4-3-5-18(16)25)6-7-14(11)15-8-9-17-19(12(15)2)20(21)23-22-17/h6-10,16,18,24-25H,3-5H2,1-2H3,(H3,21,22,23)/t16-,18-/m1/s1. The van der Waals surface area contributed by atoms with Gasteiger partial charge in [0, 0.05) is 11.4 Å². The molecule has 4 rings (SSSR count). The summed E-state index contributed by atoms with van der Waals surface area (Å²) in [6.07, 6.45) is 1.49. The number of nitrogen functional groups attached to an aromatic ring is 1. The van der Waals surface area contributed by atoms with E-state index in [2.05, 4.69) is 14.9 Å². The van der Waals surface area contributed by atoms with Crippen LogP contribution in [0.25, 0.3) is 22.0 Å². The van der Waals surface area contributed by atoms with Gasteiger partial charge in [-0.25, -0.2) is 13.1 Å². The topological polar surface area (TPSA) is 121 Å². The van der Waals surface area contributed by atoms with Gasteiger partial charge >= 0.3 is 0 Å². The average molecular weight is 401 g/mol. The average Bonchev–Trinajstić information content (AvgIpc) is 3.22. The number of benzene rings is 2. The Morgan fingerprint density at radius 3 is 2.61 bits per heavy atom. The molecule has 7 nitrogen and oxygen atoms in total. The fourth-order valence-electron chi connectivity index (χ4n) is 4.05. The van der Waals surface area contributed by atoms with E-state index in [1.54, 1.807) is 12.1 Å². The van der Waals surface area contributed by atoms with Gasteiger partial charge in [-0.05, 0) is 73.6 Å². The second-order valence-corrected chi connectivity index (χ2v) is 9.19. The van der Waals surface area contributed by atoms with Crippen molar-refractivity contribution in [3.05, 3.63) is 41.5 Å². The van der Waals surface area contributed by atoms with E-state index in [9.17, 15) is 13.5 Å². The number of anilines is 1. The van der Waals surface area contributed by atoms with E-state index in [4.69, 9.17) is 5.73 Å². The number of rotatable bonds is 4. The summed E-state index contributed by atoms with van der Waals surface area (Å²) in [5, 5.41) is 17.8. The van der Waals surface area contributed by atoms with Crippen molar-refractivity contribution in [2.45, 2.75) is 50.2 Å². The number of nitrogens with zero attached hydrogens (tertiary/aromatic N) is 1. The van der Waals surface area contributed by atoms with Gasteiger partial charge in [-0.1, -0.05) is 12.1 Å². The van der Waals surface area contributed by atoms with Gasteiger partial charge in [-0.3, -0.25) is 5.10 Å². The molecule has 1 aliphatic carbocycles. The minimum Gasteiger partial charge on any atom is -0.391 e. The molecule has 1 aromatic heterocycles. The first-order valence-electron chi connectivity index (χ1n) is 9.32. The van der Waals surface area contributed by atoms with Crippen LogP contribution in [0.15, 0.2) is 35.2 Å². The number of aliphatic hydroxyl groups excluding tert-OH is 1. The lowest BCUT2D eigenvalue weighted by molar-refractivity contribution is 0.159. The van der Waals surface area contributed by atoms with Crippen molar-refractivity contribution < 1.29 is 13.5 Å². The molecule has 0 radical (unpaired) electrons. The zero-order valence-electron chi connectivity index (χ0n) is 15.9. The summed E-state index contributed by atoms with van der Waals surface area (Å²) in [7, 11) is -3.69. The minimum atomic E-state index is -3.69. The van der Waals surface area contributed by atoms with Gasteiger partial charge in [0.2, 0.25) is 10.0 Å². The van der Waals surface area contributed by atoms with Crippen molar-refractivity contribution in [3.8, 4) is 11.1 Å². The van der Waals surface area contributed by atoms with Crippen LogP contribution >= 0.6 is 0 Å². The number of nitrogens with two attached hydrogens (primary N) is 1. The maximum atomic E-state index is 12.7. The molecule has 2 aromatic carbocycles. The van der Waals surface area contributed by atoms with Crippen molar-refractivity contribution in [3.63, 3.8) is 0 Å². The number of H-pyrrole nitrogens is 1. The van der Waals surface area contributed by atoms with Crippen LogP contribution in [-0.2, 0) is 10.0 Å². The molecule has 1 aliphatic rings. The molecule has 0 spiro atoms. The van der Waals surface area contributed by atoms with Crippen molar-refractivity contribution in [1.82, 2.24) is 14.9 Å². The Labute approximate surface area is 164 Å². The summed E-state index contributed by atoms with van der Waals surface area (Å²) < 4.78 is 28.1. The Morgan fingerprint density at radius 2 is 1.93 bits per heavy atom. The molecule has 3 aromatic rings. The van der Waals surface area contributed by atoms with Crippen LogP contribution in [-0.4, -0.2) is 35.9 Å². The number of fused-ring (bicyclic) bond motifs is 1. The minimum absolute atomic E-state index is 0.203. The molecule has 0 aliphatic heterocycles. The Bertz CT molecular complexity index is 1150. The lowest BCUT2D eigenvalue weighted by Gasteiger charge is -2.17. The first-order chi connectivity index (χ1) is 13.3. The predicted molar refractivity (Wildman–Crippen MR) is 109 cm³/mol. The van der Waals surface area contributed by atoms with Crippen molar-refractivity contribution in [1.29, 1.82) is 0 Å². The van der Waals surface area contributed by atoms with E-state index >= 15 is 0 Å². The van der Waals surface area contributed by atoms with Crippen molar-refractivity contribution >= 4 is 26.7 Å². The Morgan fingerprint density at radius 1 is 1.18 bits per heavy atom. The van der Waals surface area contributed by atoms with E-state index in [1.807, 2.05) is 32.0 Å². The third-order valence-electron chi connectivity index (χ3n) is 5.60. The van der Waals surface area contributed by atoms with E-state index < -0.39 is 22.2 Å². The second kappa shape index (κ2) is 6.88. The SMILES string of the molecule is Cc1cc(S(=O)(=O)N[C@@H]2CCC[C@H]2O)ccc1-c1ccc2[nH]nc(N)c2c1C. The van der Waals surface area contributed by atoms with E-state index in [0.29, 0.717) is 18.7 Å². The fraction of sp³-hybridized carbons (Fsp3) is 0.350. The van der Waals surface area contributed by atoms with Crippen LogP contribution in [0.2, 0.25) is 0 Å². The summed E-state index contributed by atoms with van der Waals surface area (Å²) in [5.74, 6) is 0.450. The molecule has 148 valence electrons. The third-order valence-corrected chi connectivity index (χ3v) is 7.09. The van der Waals surface area contributed by atoms with Gasteiger partial charge < -0.3 is 10.8 Å². The molecule has 1 heterocycles. The lowest BCUT2D eigenvalue weighted by atomic mass is 9.94. The van der Waals surface area contributed by atoms with Gasteiger partial charge in [0.1, 0.15) is 0 Å². The van der Waals surface area contributed by atoms with Crippen molar-refractivity contribution in [2.24, 2.45) is 0 Å². The zero-order valence-corrected chi connectivity index (χ0v) is 16.7. The highest BCUT2D eigenvalue weighted by Crippen LogP contribution is 2.34. The van der Waals surface area contributed by atoms with Crippen LogP contribution < -0.4 is 10.5 Å². The number of hydrogen-bond donors (Lipinski definition) is 4. The largest absolute Gasteiger partial charge is 0.391 e. The molecular weight excluding hydrogens is 376 g/mol. The number of nitrogens with one attached hydrogen (secondary N) is 2. The van der Waals surface area contributed by atoms with E-state index in [0.717, 1.165) is 39.6 Å².